The molecule has 4 aromatic heterocycles. The Labute approximate surface area is 184 Å². The number of pyridine rings is 2. The predicted molar refractivity (Wildman–Crippen MR) is 125 cm³/mol. The quantitative estimate of drug-likeness (QED) is 0.417. The number of anilines is 1. The molecule has 160 valence electrons. The van der Waals surface area contributed by atoms with Crippen LogP contribution in [-0.4, -0.2) is 29.8 Å². The van der Waals surface area contributed by atoms with Crippen LogP contribution in [0.4, 0.5) is 5.82 Å². The van der Waals surface area contributed by atoms with E-state index < -0.39 is 0 Å². The zero-order chi connectivity index (χ0) is 22.7. The highest BCUT2D eigenvalue weighted by atomic mass is 16.3. The third kappa shape index (κ3) is 2.78. The second-order valence-corrected chi connectivity index (χ2v) is 8.15. The van der Waals surface area contributed by atoms with Crippen molar-refractivity contribution in [3.8, 4) is 11.4 Å². The second kappa shape index (κ2) is 6.95. The average Bonchev–Trinajstić information content (AvgIpc) is 3.31. The van der Waals surface area contributed by atoms with E-state index in [0.717, 1.165) is 22.5 Å². The van der Waals surface area contributed by atoms with Gasteiger partial charge in [-0.05, 0) is 63.1 Å². The molecule has 0 fully saturated rings. The Hall–Kier alpha value is -4.13. The summed E-state index contributed by atoms with van der Waals surface area (Å²) in [5, 5.41) is 11.0. The summed E-state index contributed by atoms with van der Waals surface area (Å²) in [6.07, 6.45) is 3.56. The third-order valence-electron chi connectivity index (χ3n) is 6.08. The lowest BCUT2D eigenvalue weighted by atomic mass is 10.1. The topological polar surface area (TPSA) is 98.4 Å². The first kappa shape index (κ1) is 19.8. The van der Waals surface area contributed by atoms with Crippen LogP contribution in [0, 0.1) is 27.7 Å². The third-order valence-corrected chi connectivity index (χ3v) is 6.08. The van der Waals surface area contributed by atoms with E-state index >= 15 is 0 Å². The number of hydrogen-bond acceptors (Lipinski definition) is 5. The number of nitrogens with two attached hydrogens (primary N) is 1. The summed E-state index contributed by atoms with van der Waals surface area (Å²) >= 11 is 0. The van der Waals surface area contributed by atoms with E-state index in [1.807, 2.05) is 64.2 Å². The van der Waals surface area contributed by atoms with Gasteiger partial charge >= 0.3 is 0 Å². The molecule has 7 heteroatoms. The fourth-order valence-corrected chi connectivity index (χ4v) is 4.22. The number of fused-ring (bicyclic) bond motifs is 2. The Morgan fingerprint density at radius 1 is 1.03 bits per heavy atom. The van der Waals surface area contributed by atoms with Gasteiger partial charge in [-0.15, -0.1) is 0 Å². The van der Waals surface area contributed by atoms with Crippen LogP contribution in [0.15, 0.2) is 48.8 Å². The van der Waals surface area contributed by atoms with Crippen LogP contribution in [-0.2, 0) is 0 Å². The number of aryl methyl sites for hydroxylation is 3. The zero-order valence-corrected chi connectivity index (χ0v) is 18.3. The van der Waals surface area contributed by atoms with Gasteiger partial charge in [-0.2, -0.15) is 0 Å². The van der Waals surface area contributed by atoms with Gasteiger partial charge in [0, 0.05) is 29.0 Å². The molecule has 0 radical (unpaired) electrons. The number of aromatic hydroxyl groups is 1. The molecule has 0 amide bonds. The van der Waals surface area contributed by atoms with E-state index in [4.69, 9.17) is 10.7 Å². The van der Waals surface area contributed by atoms with Crippen molar-refractivity contribution in [2.45, 2.75) is 27.7 Å². The number of nitrogen functional groups attached to an aromatic ring is 1. The number of phenols is 1. The van der Waals surface area contributed by atoms with Crippen molar-refractivity contribution in [3.63, 3.8) is 0 Å². The lowest BCUT2D eigenvalue weighted by Gasteiger charge is -2.15. The number of phenolic OH excluding ortho intramolecular Hbond substituents is 1. The Morgan fingerprint density at radius 3 is 2.56 bits per heavy atom. The van der Waals surface area contributed by atoms with Crippen molar-refractivity contribution >= 4 is 28.3 Å². The fraction of sp³-hybridized carbons (Fsp3) is 0.160. The molecule has 0 aliphatic carbocycles. The molecule has 1 aromatic carbocycles. The number of aromatic nitrogens is 4. The van der Waals surface area contributed by atoms with Crippen molar-refractivity contribution in [1.29, 1.82) is 0 Å². The molecular weight excluding hydrogens is 402 g/mol. The average molecular weight is 425 g/mol. The minimum absolute atomic E-state index is 0.156. The number of nitrogens with zero attached hydrogens (tertiary/aromatic N) is 4. The second-order valence-electron chi connectivity index (χ2n) is 8.15. The van der Waals surface area contributed by atoms with Gasteiger partial charge in [-0.3, -0.25) is 9.36 Å². The van der Waals surface area contributed by atoms with E-state index in [2.05, 4.69) is 4.98 Å². The Bertz CT molecular complexity index is 1530. The smallest absolute Gasteiger partial charge is 0.217 e. The molecule has 0 atom stereocenters. The highest BCUT2D eigenvalue weighted by Gasteiger charge is 2.27. The molecule has 4 heterocycles. The van der Waals surface area contributed by atoms with Crippen LogP contribution in [0.25, 0.3) is 22.4 Å². The molecule has 32 heavy (non-hydrogen) atoms. The molecule has 0 bridgehead atoms. The van der Waals surface area contributed by atoms with Crippen molar-refractivity contribution < 1.29 is 9.90 Å². The van der Waals surface area contributed by atoms with Crippen molar-refractivity contribution in [1.82, 2.24) is 18.9 Å². The fourth-order valence-electron chi connectivity index (χ4n) is 4.22. The van der Waals surface area contributed by atoms with E-state index in [9.17, 15) is 9.90 Å². The molecule has 7 nitrogen and oxygen atoms in total. The summed E-state index contributed by atoms with van der Waals surface area (Å²) in [5.41, 5.74) is 12.7. The molecule has 0 aliphatic rings. The number of hydrogen-bond donors (Lipinski definition) is 2. The number of benzene rings is 1. The Balaban J connectivity index is 1.85. The van der Waals surface area contributed by atoms with Gasteiger partial charge in [0.1, 0.15) is 28.6 Å². The van der Waals surface area contributed by atoms with Crippen LogP contribution in [0.2, 0.25) is 0 Å². The number of rotatable bonds is 3. The number of carbonyl (C=O) groups excluding carboxylic acids is 1. The van der Waals surface area contributed by atoms with Gasteiger partial charge in [-0.25, -0.2) is 9.97 Å². The molecule has 0 spiro atoms. The summed E-state index contributed by atoms with van der Waals surface area (Å²) in [4.78, 5) is 23.0. The summed E-state index contributed by atoms with van der Waals surface area (Å²) in [5.74, 6) is 0.163. The van der Waals surface area contributed by atoms with Crippen molar-refractivity contribution in [2.24, 2.45) is 0 Å². The van der Waals surface area contributed by atoms with E-state index in [-0.39, 0.29) is 17.4 Å². The summed E-state index contributed by atoms with van der Waals surface area (Å²) in [6.45, 7) is 7.65. The van der Waals surface area contributed by atoms with Gasteiger partial charge < -0.3 is 15.2 Å². The Kier molecular flexibility index (Phi) is 4.30. The largest absolute Gasteiger partial charge is 0.508 e. The number of carbonyl (C=O) groups is 1. The van der Waals surface area contributed by atoms with Gasteiger partial charge in [0.15, 0.2) is 0 Å². The monoisotopic (exact) mass is 425 g/mol. The van der Waals surface area contributed by atoms with Crippen LogP contribution in [0.5, 0.6) is 5.75 Å². The van der Waals surface area contributed by atoms with Gasteiger partial charge in [-0.1, -0.05) is 12.1 Å². The van der Waals surface area contributed by atoms with E-state index in [1.54, 1.807) is 21.2 Å². The number of ketones is 1. The van der Waals surface area contributed by atoms with Crippen LogP contribution in [0.3, 0.4) is 0 Å². The zero-order valence-electron chi connectivity index (χ0n) is 18.3. The molecule has 0 aliphatic heterocycles. The molecule has 0 saturated carbocycles. The number of imidazole rings is 1. The first-order valence-electron chi connectivity index (χ1n) is 10.3. The van der Waals surface area contributed by atoms with Gasteiger partial charge in [0.05, 0.1) is 11.3 Å². The maximum atomic E-state index is 13.7. The van der Waals surface area contributed by atoms with Crippen LogP contribution >= 0.6 is 0 Å². The minimum Gasteiger partial charge on any atom is -0.508 e. The SMILES string of the molecule is Cc1cc2c(C(=O)c3cn4ccccc4n3)c(N)n(-c3c(C)ccc(O)c3C)c2nc1C. The van der Waals surface area contributed by atoms with Gasteiger partial charge in [0.25, 0.3) is 0 Å². The lowest BCUT2D eigenvalue weighted by Crippen LogP contribution is -2.09. The summed E-state index contributed by atoms with van der Waals surface area (Å²) in [6, 6.07) is 11.0. The highest BCUT2D eigenvalue weighted by molar-refractivity contribution is 6.19. The lowest BCUT2D eigenvalue weighted by molar-refractivity contribution is 0.103. The molecule has 0 saturated heterocycles. The molecule has 0 unspecified atom stereocenters. The van der Waals surface area contributed by atoms with Crippen LogP contribution in [0.1, 0.15) is 38.4 Å². The Morgan fingerprint density at radius 2 is 1.81 bits per heavy atom. The van der Waals surface area contributed by atoms with Gasteiger partial charge in [0.2, 0.25) is 5.78 Å². The summed E-state index contributed by atoms with van der Waals surface area (Å²) < 4.78 is 3.58. The first-order valence-corrected chi connectivity index (χ1v) is 10.3. The minimum atomic E-state index is -0.268. The maximum Gasteiger partial charge on any atom is 0.217 e. The standard InChI is InChI=1S/C25H23N5O2/c1-13-8-9-19(31)15(3)22(13)30-24(26)21(17-11-14(2)16(4)27-25(17)30)23(32)18-12-29-10-6-5-7-20(29)28-18/h5-12,31H,26H2,1-4H3. The van der Waals surface area contributed by atoms with Crippen molar-refractivity contribution in [2.75, 3.05) is 5.73 Å². The molecule has 5 rings (SSSR count). The van der Waals surface area contributed by atoms with Crippen LogP contribution < -0.4 is 5.73 Å². The first-order chi connectivity index (χ1) is 15.3. The molecule has 5 aromatic rings. The predicted octanol–water partition coefficient (Wildman–Crippen LogP) is 4.43. The maximum absolute atomic E-state index is 13.7. The molecule has 3 N–H and O–H groups in total. The van der Waals surface area contributed by atoms with E-state index in [0.29, 0.717) is 33.5 Å². The normalized spacial score (nSPS) is 11.5. The highest BCUT2D eigenvalue weighted by Crippen LogP contribution is 2.37. The van der Waals surface area contributed by atoms with Crippen molar-refractivity contribution in [3.05, 3.63) is 82.4 Å². The van der Waals surface area contributed by atoms with E-state index in [1.165, 1.54) is 0 Å². The molecular formula is C25H23N5O2. The summed E-state index contributed by atoms with van der Waals surface area (Å²) in [7, 11) is 0.